The van der Waals surface area contributed by atoms with E-state index in [0.717, 1.165) is 0 Å². The molecule has 0 aliphatic rings. The van der Waals surface area contributed by atoms with Crippen molar-refractivity contribution < 1.29 is 0 Å². The third kappa shape index (κ3) is 12.1. The van der Waals surface area contributed by atoms with Crippen molar-refractivity contribution in [3.8, 4) is 0 Å². The van der Waals surface area contributed by atoms with E-state index in [2.05, 4.69) is 118 Å². The maximum absolute atomic E-state index is 2.20. The normalized spacial score (nSPS) is 8.71. The molecule has 186 valence electrons. The van der Waals surface area contributed by atoms with Crippen molar-refractivity contribution >= 4 is 21.5 Å². The molecule has 0 saturated heterocycles. The van der Waals surface area contributed by atoms with Gasteiger partial charge in [0.25, 0.3) is 0 Å². The minimum absolute atomic E-state index is 1.32. The first-order valence-corrected chi connectivity index (χ1v) is 13.0. The predicted molar refractivity (Wildman–Crippen MR) is 163 cm³/mol. The molecule has 0 heterocycles. The van der Waals surface area contributed by atoms with E-state index in [9.17, 15) is 0 Å². The molecule has 0 radical (unpaired) electrons. The van der Waals surface area contributed by atoms with Crippen LogP contribution >= 0.6 is 0 Å². The van der Waals surface area contributed by atoms with Gasteiger partial charge in [-0.15, -0.1) is 0 Å². The third-order valence-corrected chi connectivity index (χ3v) is 4.85. The van der Waals surface area contributed by atoms with E-state index in [1.54, 1.807) is 0 Å². The Morgan fingerprint density at radius 1 is 0.343 bits per heavy atom. The zero-order valence-electron chi connectivity index (χ0n) is 23.5. The number of rotatable bonds is 0. The van der Waals surface area contributed by atoms with E-state index in [1.165, 1.54) is 38.2 Å². The molecule has 0 amide bonds. The van der Waals surface area contributed by atoms with Gasteiger partial charge in [0.1, 0.15) is 0 Å². The van der Waals surface area contributed by atoms with E-state index >= 15 is 0 Å². The van der Waals surface area contributed by atoms with Gasteiger partial charge >= 0.3 is 0 Å². The fraction of sp³-hybridized carbons (Fsp3) is 0.257. The zero-order valence-corrected chi connectivity index (χ0v) is 23.5. The summed E-state index contributed by atoms with van der Waals surface area (Å²) in [7, 11) is 0. The number of aryl methyl sites for hydroxylation is 3. The second kappa shape index (κ2) is 20.0. The molecule has 5 aromatic carbocycles. The largest absolute Gasteiger partial charge is 0.0683 e. The molecular weight excluding hydrogens is 420 g/mol. The molecule has 0 aliphatic heterocycles. The van der Waals surface area contributed by atoms with Crippen molar-refractivity contribution in [3.05, 3.63) is 132 Å². The lowest BCUT2D eigenvalue weighted by Crippen LogP contribution is -1.75. The SMILES string of the molecule is CC.CC.CC.Cc1ccc2ccccc2c1.Cc1cccc2ccccc12.Cc1ccccc1. The second-order valence-electron chi connectivity index (χ2n) is 7.30. The van der Waals surface area contributed by atoms with Crippen LogP contribution in [0.4, 0.5) is 0 Å². The van der Waals surface area contributed by atoms with Crippen LogP contribution in [0, 0.1) is 20.8 Å². The summed E-state index contributed by atoms with van der Waals surface area (Å²) in [5, 5.41) is 5.33. The standard InChI is InChI=1S/2C11H10.C7H8.3C2H6/c1-9-5-4-7-10-6-2-3-8-11(9)10;1-9-6-7-10-4-2-3-5-11(10)8-9;1-7-5-3-2-4-6-7;3*1-2/h2*2-8H,1H3;2-6H,1H3;3*1-2H3. The summed E-state index contributed by atoms with van der Waals surface area (Å²) in [6.45, 7) is 18.3. The number of benzene rings is 5. The summed E-state index contributed by atoms with van der Waals surface area (Å²) >= 11 is 0. The summed E-state index contributed by atoms with van der Waals surface area (Å²) in [6.07, 6.45) is 0. The lowest BCUT2D eigenvalue weighted by atomic mass is 10.1. The summed E-state index contributed by atoms with van der Waals surface area (Å²) in [6, 6.07) is 40.0. The van der Waals surface area contributed by atoms with Crippen LogP contribution in [-0.4, -0.2) is 0 Å². The van der Waals surface area contributed by atoms with Crippen molar-refractivity contribution in [1.29, 1.82) is 0 Å². The first-order valence-electron chi connectivity index (χ1n) is 13.0. The molecule has 5 aromatic rings. The van der Waals surface area contributed by atoms with Crippen LogP contribution in [-0.2, 0) is 0 Å². The highest BCUT2D eigenvalue weighted by Gasteiger charge is 1.92. The van der Waals surface area contributed by atoms with Gasteiger partial charge in [-0.1, -0.05) is 168 Å². The third-order valence-electron chi connectivity index (χ3n) is 4.85. The lowest BCUT2D eigenvalue weighted by molar-refractivity contribution is 1.48. The molecule has 0 atom stereocenters. The Kier molecular flexibility index (Phi) is 18.1. The van der Waals surface area contributed by atoms with Crippen LogP contribution in [0.1, 0.15) is 58.2 Å². The van der Waals surface area contributed by atoms with Gasteiger partial charge in [0.05, 0.1) is 0 Å². The second-order valence-corrected chi connectivity index (χ2v) is 7.30. The maximum Gasteiger partial charge on any atom is -0.0155 e. The van der Waals surface area contributed by atoms with Crippen LogP contribution in [0.25, 0.3) is 21.5 Å². The average Bonchev–Trinajstić information content (AvgIpc) is 2.93. The van der Waals surface area contributed by atoms with Crippen molar-refractivity contribution in [2.45, 2.75) is 62.3 Å². The van der Waals surface area contributed by atoms with Crippen LogP contribution < -0.4 is 0 Å². The molecule has 0 aromatic heterocycles. The molecule has 0 aliphatic carbocycles. The Balaban J connectivity index is 0.000000456. The van der Waals surface area contributed by atoms with Crippen molar-refractivity contribution in [1.82, 2.24) is 0 Å². The zero-order chi connectivity index (χ0) is 26.5. The van der Waals surface area contributed by atoms with Crippen molar-refractivity contribution in [2.75, 3.05) is 0 Å². The van der Waals surface area contributed by atoms with Gasteiger partial charge in [-0.2, -0.15) is 0 Å². The highest BCUT2D eigenvalue weighted by atomic mass is 14.0. The summed E-state index contributed by atoms with van der Waals surface area (Å²) in [5.74, 6) is 0. The fourth-order valence-corrected chi connectivity index (χ4v) is 3.23. The highest BCUT2D eigenvalue weighted by Crippen LogP contribution is 2.16. The Labute approximate surface area is 215 Å². The summed E-state index contributed by atoms with van der Waals surface area (Å²) in [5.41, 5.74) is 3.99. The van der Waals surface area contributed by atoms with E-state index in [0.29, 0.717) is 0 Å². The molecule has 0 heteroatoms. The van der Waals surface area contributed by atoms with E-state index in [4.69, 9.17) is 0 Å². The monoisotopic (exact) mass is 466 g/mol. The van der Waals surface area contributed by atoms with Gasteiger partial charge in [0.2, 0.25) is 0 Å². The molecule has 0 fully saturated rings. The van der Waals surface area contributed by atoms with E-state index in [1.807, 2.05) is 59.7 Å². The topological polar surface area (TPSA) is 0 Å². The van der Waals surface area contributed by atoms with Crippen molar-refractivity contribution in [2.24, 2.45) is 0 Å². The Morgan fingerprint density at radius 2 is 0.829 bits per heavy atom. The molecule has 0 unspecified atom stereocenters. The first-order chi connectivity index (χ1) is 17.1. The fourth-order valence-electron chi connectivity index (χ4n) is 3.23. The van der Waals surface area contributed by atoms with Crippen LogP contribution in [0.5, 0.6) is 0 Å². The minimum atomic E-state index is 1.32. The molecule has 0 bridgehead atoms. The Hall–Kier alpha value is -3.38. The number of fused-ring (bicyclic) bond motifs is 2. The predicted octanol–water partition coefficient (Wildman–Crippen LogP) is 11.4. The quantitative estimate of drug-likeness (QED) is 0.213. The minimum Gasteiger partial charge on any atom is -0.0683 e. The van der Waals surface area contributed by atoms with Gasteiger partial charge in [0.15, 0.2) is 0 Å². The lowest BCUT2D eigenvalue weighted by Gasteiger charge is -1.98. The van der Waals surface area contributed by atoms with Gasteiger partial charge in [0, 0.05) is 0 Å². The smallest absolute Gasteiger partial charge is 0.0155 e. The van der Waals surface area contributed by atoms with Gasteiger partial charge in [-0.05, 0) is 47.9 Å². The average molecular weight is 467 g/mol. The molecule has 0 N–H and O–H groups in total. The molecule has 35 heavy (non-hydrogen) atoms. The maximum atomic E-state index is 2.20. The summed E-state index contributed by atoms with van der Waals surface area (Å²) < 4.78 is 0. The molecule has 5 rings (SSSR count). The van der Waals surface area contributed by atoms with Gasteiger partial charge in [-0.3, -0.25) is 0 Å². The Bertz CT molecular complexity index is 1160. The van der Waals surface area contributed by atoms with Crippen molar-refractivity contribution in [3.63, 3.8) is 0 Å². The number of hydrogen-bond acceptors (Lipinski definition) is 0. The van der Waals surface area contributed by atoms with Crippen LogP contribution in [0.3, 0.4) is 0 Å². The van der Waals surface area contributed by atoms with Crippen LogP contribution in [0.2, 0.25) is 0 Å². The van der Waals surface area contributed by atoms with Gasteiger partial charge < -0.3 is 0 Å². The van der Waals surface area contributed by atoms with E-state index < -0.39 is 0 Å². The number of hydrogen-bond donors (Lipinski definition) is 0. The summed E-state index contributed by atoms with van der Waals surface area (Å²) in [4.78, 5) is 0. The molecular formula is C35H46. The molecule has 0 spiro atoms. The first kappa shape index (κ1) is 31.6. The van der Waals surface area contributed by atoms with Crippen LogP contribution in [0.15, 0.2) is 115 Å². The van der Waals surface area contributed by atoms with E-state index in [-0.39, 0.29) is 0 Å². The molecule has 0 saturated carbocycles. The highest BCUT2D eigenvalue weighted by molar-refractivity contribution is 5.85. The Morgan fingerprint density at radius 3 is 1.37 bits per heavy atom. The molecule has 0 nitrogen and oxygen atoms in total. The van der Waals surface area contributed by atoms with Gasteiger partial charge in [-0.25, -0.2) is 0 Å².